The summed E-state index contributed by atoms with van der Waals surface area (Å²) in [6.45, 7) is 1.75. The first-order chi connectivity index (χ1) is 8.82. The van der Waals surface area contributed by atoms with Crippen LogP contribution in [0.5, 0.6) is 0 Å². The van der Waals surface area contributed by atoms with E-state index in [1.54, 1.807) is 25.1 Å². The molecule has 0 aliphatic rings. The molecule has 0 aliphatic carbocycles. The quantitative estimate of drug-likeness (QED) is 0.792. The van der Waals surface area contributed by atoms with E-state index >= 15 is 0 Å². The van der Waals surface area contributed by atoms with Crippen molar-refractivity contribution in [2.24, 2.45) is 0 Å². The third-order valence-corrected chi connectivity index (χ3v) is 3.10. The number of sulfonamides is 1. The van der Waals surface area contributed by atoms with E-state index in [0.29, 0.717) is 11.3 Å². The SMILES string of the molecule is Cc1cc(/C=C/C(=O)O)cc(NS(=O)(=O)CC#N)c1. The highest BCUT2D eigenvalue weighted by Gasteiger charge is 2.09. The summed E-state index contributed by atoms with van der Waals surface area (Å²) in [4.78, 5) is 10.4. The fraction of sp³-hybridized carbons (Fsp3) is 0.167. The fourth-order valence-corrected chi connectivity index (χ4v) is 2.16. The minimum Gasteiger partial charge on any atom is -0.478 e. The average Bonchev–Trinajstić information content (AvgIpc) is 2.24. The Morgan fingerprint density at radius 3 is 2.74 bits per heavy atom. The molecule has 0 unspecified atom stereocenters. The largest absolute Gasteiger partial charge is 0.478 e. The molecule has 0 aromatic heterocycles. The number of carboxylic acids is 1. The van der Waals surface area contributed by atoms with Crippen LogP contribution in [-0.4, -0.2) is 25.2 Å². The average molecular weight is 280 g/mol. The maximum Gasteiger partial charge on any atom is 0.328 e. The number of aliphatic carboxylic acids is 1. The van der Waals surface area contributed by atoms with Gasteiger partial charge in [-0.3, -0.25) is 4.72 Å². The number of rotatable bonds is 5. The first-order valence-electron chi connectivity index (χ1n) is 5.22. The van der Waals surface area contributed by atoms with Crippen LogP contribution in [0.15, 0.2) is 24.3 Å². The van der Waals surface area contributed by atoms with Crippen LogP contribution in [0.1, 0.15) is 11.1 Å². The summed E-state index contributed by atoms with van der Waals surface area (Å²) in [5.74, 6) is -1.73. The van der Waals surface area contributed by atoms with Crippen LogP contribution in [0.25, 0.3) is 6.08 Å². The van der Waals surface area contributed by atoms with Gasteiger partial charge in [-0.25, -0.2) is 13.2 Å². The topological polar surface area (TPSA) is 107 Å². The van der Waals surface area contributed by atoms with Crippen LogP contribution in [0, 0.1) is 18.3 Å². The highest BCUT2D eigenvalue weighted by atomic mass is 32.2. The Bertz CT molecular complexity index is 657. The standard InChI is InChI=1S/C12H12N2O4S/c1-9-6-10(2-3-12(15)16)8-11(7-9)14-19(17,18)5-4-13/h2-3,6-8,14H,5H2,1H3,(H,15,16)/b3-2+. The van der Waals surface area contributed by atoms with Crippen LogP contribution < -0.4 is 4.72 Å². The zero-order valence-electron chi connectivity index (χ0n) is 10.1. The number of hydrogen-bond acceptors (Lipinski definition) is 4. The Morgan fingerprint density at radius 1 is 1.47 bits per heavy atom. The number of carboxylic acid groups (broad SMARTS) is 1. The van der Waals surface area contributed by atoms with Crippen molar-refractivity contribution in [1.29, 1.82) is 5.26 Å². The minimum atomic E-state index is -3.70. The second-order valence-corrected chi connectivity index (χ2v) is 5.55. The molecule has 7 heteroatoms. The fourth-order valence-electron chi connectivity index (χ4n) is 1.44. The van der Waals surface area contributed by atoms with Gasteiger partial charge in [-0.1, -0.05) is 6.07 Å². The van der Waals surface area contributed by atoms with Crippen LogP contribution >= 0.6 is 0 Å². The molecule has 2 N–H and O–H groups in total. The first kappa shape index (κ1) is 14.7. The Morgan fingerprint density at radius 2 is 2.16 bits per heavy atom. The number of nitriles is 1. The molecule has 0 radical (unpaired) electrons. The third kappa shape index (κ3) is 5.23. The van der Waals surface area contributed by atoms with Gasteiger partial charge >= 0.3 is 5.97 Å². The van der Waals surface area contributed by atoms with Gasteiger partial charge in [-0.2, -0.15) is 5.26 Å². The maximum atomic E-state index is 11.4. The summed E-state index contributed by atoms with van der Waals surface area (Å²) in [6, 6.07) is 6.34. The number of anilines is 1. The van der Waals surface area contributed by atoms with E-state index in [1.807, 2.05) is 0 Å². The lowest BCUT2D eigenvalue weighted by molar-refractivity contribution is -0.131. The molecule has 1 aromatic carbocycles. The van der Waals surface area contributed by atoms with Gasteiger partial charge < -0.3 is 5.11 Å². The van der Waals surface area contributed by atoms with Gasteiger partial charge in [-0.15, -0.1) is 0 Å². The van der Waals surface area contributed by atoms with E-state index in [0.717, 1.165) is 11.6 Å². The van der Waals surface area contributed by atoms with E-state index in [1.165, 1.54) is 12.1 Å². The molecule has 1 aromatic rings. The second-order valence-electron chi connectivity index (χ2n) is 3.82. The summed E-state index contributed by atoms with van der Waals surface area (Å²) in [6.07, 6.45) is 2.32. The summed E-state index contributed by atoms with van der Waals surface area (Å²) >= 11 is 0. The van der Waals surface area contributed by atoms with Crippen LogP contribution in [-0.2, 0) is 14.8 Å². The zero-order chi connectivity index (χ0) is 14.5. The molecule has 0 fully saturated rings. The summed E-state index contributed by atoms with van der Waals surface area (Å²) in [5.41, 5.74) is 1.61. The molecule has 0 atom stereocenters. The molecule has 0 saturated carbocycles. The van der Waals surface area contributed by atoms with Crippen molar-refractivity contribution in [2.45, 2.75) is 6.92 Å². The van der Waals surface area contributed by atoms with Crippen molar-refractivity contribution in [3.05, 3.63) is 35.4 Å². The summed E-state index contributed by atoms with van der Waals surface area (Å²) in [5, 5.41) is 16.9. The number of hydrogen-bond donors (Lipinski definition) is 2. The van der Waals surface area contributed by atoms with Crippen molar-refractivity contribution in [1.82, 2.24) is 0 Å². The maximum absolute atomic E-state index is 11.4. The smallest absolute Gasteiger partial charge is 0.328 e. The van der Waals surface area contributed by atoms with E-state index in [2.05, 4.69) is 4.72 Å². The molecule has 0 aliphatic heterocycles. The molecule has 0 saturated heterocycles. The van der Waals surface area contributed by atoms with Gasteiger partial charge in [0.2, 0.25) is 10.0 Å². The molecule has 6 nitrogen and oxygen atoms in total. The lowest BCUT2D eigenvalue weighted by atomic mass is 10.1. The summed E-state index contributed by atoms with van der Waals surface area (Å²) in [7, 11) is -3.70. The highest BCUT2D eigenvalue weighted by Crippen LogP contribution is 2.17. The molecule has 0 heterocycles. The van der Waals surface area contributed by atoms with Gasteiger partial charge in [0.25, 0.3) is 0 Å². The first-order valence-corrected chi connectivity index (χ1v) is 6.88. The Kier molecular flexibility index (Phi) is 4.67. The predicted octanol–water partition coefficient (Wildman–Crippen LogP) is 1.36. The van der Waals surface area contributed by atoms with E-state index in [9.17, 15) is 13.2 Å². The van der Waals surface area contributed by atoms with Gasteiger partial charge in [0.1, 0.15) is 0 Å². The molecule has 0 spiro atoms. The molecular formula is C12H12N2O4S. The second kappa shape index (κ2) is 6.02. The number of aryl methyl sites for hydroxylation is 1. The van der Waals surface area contributed by atoms with Gasteiger partial charge in [0.05, 0.1) is 6.07 Å². The molecule has 1 rings (SSSR count). The molecule has 100 valence electrons. The minimum absolute atomic E-state index is 0.292. The Balaban J connectivity index is 3.04. The number of nitrogens with zero attached hydrogens (tertiary/aromatic N) is 1. The Hall–Kier alpha value is -2.33. The van der Waals surface area contributed by atoms with Crippen LogP contribution in [0.4, 0.5) is 5.69 Å². The third-order valence-electron chi connectivity index (χ3n) is 2.05. The van der Waals surface area contributed by atoms with Crippen LogP contribution in [0.2, 0.25) is 0 Å². The molecule has 0 amide bonds. The highest BCUT2D eigenvalue weighted by molar-refractivity contribution is 7.92. The van der Waals surface area contributed by atoms with Crippen molar-refractivity contribution in [2.75, 3.05) is 10.5 Å². The van der Waals surface area contributed by atoms with E-state index < -0.39 is 21.7 Å². The normalized spacial score (nSPS) is 11.2. The monoisotopic (exact) mass is 280 g/mol. The predicted molar refractivity (Wildman–Crippen MR) is 70.9 cm³/mol. The van der Waals surface area contributed by atoms with Crippen molar-refractivity contribution in [3.63, 3.8) is 0 Å². The molecule has 19 heavy (non-hydrogen) atoms. The summed E-state index contributed by atoms with van der Waals surface area (Å²) < 4.78 is 25.1. The number of nitrogens with one attached hydrogen (secondary N) is 1. The van der Waals surface area contributed by atoms with Gasteiger partial charge in [0, 0.05) is 11.8 Å². The van der Waals surface area contributed by atoms with Crippen LogP contribution in [0.3, 0.4) is 0 Å². The van der Waals surface area contributed by atoms with Gasteiger partial charge in [0.15, 0.2) is 5.75 Å². The lowest BCUT2D eigenvalue weighted by Gasteiger charge is -2.07. The number of carbonyl (C=O) groups is 1. The van der Waals surface area contributed by atoms with E-state index in [4.69, 9.17) is 10.4 Å². The van der Waals surface area contributed by atoms with Crippen molar-refractivity contribution in [3.8, 4) is 6.07 Å². The Labute approximate surface area is 111 Å². The number of benzene rings is 1. The lowest BCUT2D eigenvalue weighted by Crippen LogP contribution is -2.15. The van der Waals surface area contributed by atoms with Gasteiger partial charge in [-0.05, 0) is 36.3 Å². The zero-order valence-corrected chi connectivity index (χ0v) is 10.9. The molecule has 0 bridgehead atoms. The molecular weight excluding hydrogens is 268 g/mol. The van der Waals surface area contributed by atoms with Crippen molar-refractivity contribution >= 4 is 27.8 Å². The van der Waals surface area contributed by atoms with E-state index in [-0.39, 0.29) is 0 Å². The van der Waals surface area contributed by atoms with Crippen molar-refractivity contribution < 1.29 is 18.3 Å².